The zero-order valence-corrected chi connectivity index (χ0v) is 13.0. The first-order chi connectivity index (χ1) is 9.37. The van der Waals surface area contributed by atoms with E-state index in [1.807, 2.05) is 11.8 Å². The summed E-state index contributed by atoms with van der Waals surface area (Å²) in [5.41, 5.74) is 1.03. The number of nitrogens with one attached hydrogen (secondary N) is 1. The van der Waals surface area contributed by atoms with Crippen LogP contribution in [-0.2, 0) is 16.4 Å². The standard InChI is InChI=1S/C13H22N4O2S/c1-10(2)14-6-12-7-15-13(16-8-12)17-4-5-20(18,19)9-11(17)3/h7-8,10-11,14H,4-6,9H2,1-3H3. The number of hydrogen-bond acceptors (Lipinski definition) is 6. The maximum atomic E-state index is 11.6. The zero-order valence-electron chi connectivity index (χ0n) is 12.2. The van der Waals surface area contributed by atoms with Gasteiger partial charge < -0.3 is 10.2 Å². The first kappa shape index (κ1) is 15.2. The molecule has 1 unspecified atom stereocenters. The van der Waals surface area contributed by atoms with Crippen LogP contribution in [0.3, 0.4) is 0 Å². The molecular formula is C13H22N4O2S. The maximum Gasteiger partial charge on any atom is 0.225 e. The molecule has 0 amide bonds. The van der Waals surface area contributed by atoms with Crippen molar-refractivity contribution in [2.24, 2.45) is 0 Å². The lowest BCUT2D eigenvalue weighted by molar-refractivity contribution is 0.564. The van der Waals surface area contributed by atoms with Crippen molar-refractivity contribution >= 4 is 15.8 Å². The molecule has 6 nitrogen and oxygen atoms in total. The SMILES string of the molecule is CC(C)NCc1cnc(N2CCS(=O)(=O)CC2C)nc1. The zero-order chi connectivity index (χ0) is 14.8. The van der Waals surface area contributed by atoms with Gasteiger partial charge in [-0.25, -0.2) is 18.4 Å². The average molecular weight is 298 g/mol. The van der Waals surface area contributed by atoms with Gasteiger partial charge in [-0.2, -0.15) is 0 Å². The summed E-state index contributed by atoms with van der Waals surface area (Å²) < 4.78 is 23.1. The van der Waals surface area contributed by atoms with Gasteiger partial charge in [0.1, 0.15) is 0 Å². The number of hydrogen-bond donors (Lipinski definition) is 1. The molecular weight excluding hydrogens is 276 g/mol. The van der Waals surface area contributed by atoms with Crippen molar-refractivity contribution in [3.05, 3.63) is 18.0 Å². The number of rotatable bonds is 4. The highest BCUT2D eigenvalue weighted by Crippen LogP contribution is 2.17. The van der Waals surface area contributed by atoms with Gasteiger partial charge in [0.2, 0.25) is 5.95 Å². The van der Waals surface area contributed by atoms with E-state index in [0.717, 1.165) is 12.1 Å². The topological polar surface area (TPSA) is 75.2 Å². The van der Waals surface area contributed by atoms with Gasteiger partial charge in [0.05, 0.1) is 11.5 Å². The summed E-state index contributed by atoms with van der Waals surface area (Å²) in [5, 5.41) is 3.31. The Morgan fingerprint density at radius 1 is 1.40 bits per heavy atom. The third-order valence-electron chi connectivity index (χ3n) is 3.33. The van der Waals surface area contributed by atoms with Gasteiger partial charge in [-0.3, -0.25) is 0 Å². The highest BCUT2D eigenvalue weighted by atomic mass is 32.2. The molecule has 112 valence electrons. The summed E-state index contributed by atoms with van der Waals surface area (Å²) in [6, 6.07) is 0.343. The molecule has 0 radical (unpaired) electrons. The molecule has 1 aromatic heterocycles. The van der Waals surface area contributed by atoms with E-state index in [2.05, 4.69) is 29.1 Å². The predicted octanol–water partition coefficient (Wildman–Crippen LogP) is 0.598. The normalized spacial score (nSPS) is 22.2. The van der Waals surface area contributed by atoms with Gasteiger partial charge in [-0.1, -0.05) is 13.8 Å². The fourth-order valence-corrected chi connectivity index (χ4v) is 3.76. The first-order valence-electron chi connectivity index (χ1n) is 6.89. The summed E-state index contributed by atoms with van der Waals surface area (Å²) in [6.07, 6.45) is 3.60. The van der Waals surface area contributed by atoms with Crippen molar-refractivity contribution in [2.45, 2.75) is 39.4 Å². The highest BCUT2D eigenvalue weighted by molar-refractivity contribution is 7.91. The van der Waals surface area contributed by atoms with Gasteiger partial charge in [0, 0.05) is 43.1 Å². The Hall–Kier alpha value is -1.21. The fourth-order valence-electron chi connectivity index (χ4n) is 2.21. The van der Waals surface area contributed by atoms with Crippen molar-refractivity contribution in [1.82, 2.24) is 15.3 Å². The van der Waals surface area contributed by atoms with E-state index in [0.29, 0.717) is 18.5 Å². The van der Waals surface area contributed by atoms with Crippen LogP contribution in [0, 0.1) is 0 Å². The molecule has 7 heteroatoms. The Kier molecular flexibility index (Phi) is 4.59. The van der Waals surface area contributed by atoms with Gasteiger partial charge in [-0.15, -0.1) is 0 Å². The average Bonchev–Trinajstić information content (AvgIpc) is 2.36. The second-order valence-electron chi connectivity index (χ2n) is 5.58. The molecule has 1 saturated heterocycles. The summed E-state index contributed by atoms with van der Waals surface area (Å²) in [7, 11) is -2.91. The molecule has 0 bridgehead atoms. The van der Waals surface area contributed by atoms with Crippen LogP contribution >= 0.6 is 0 Å². The second-order valence-corrected chi connectivity index (χ2v) is 7.81. The molecule has 0 saturated carbocycles. The minimum Gasteiger partial charge on any atom is -0.336 e. The third kappa shape index (κ3) is 3.89. The summed E-state index contributed by atoms with van der Waals surface area (Å²) in [4.78, 5) is 10.7. The smallest absolute Gasteiger partial charge is 0.225 e. The van der Waals surface area contributed by atoms with Crippen molar-refractivity contribution in [3.63, 3.8) is 0 Å². The van der Waals surface area contributed by atoms with E-state index in [-0.39, 0.29) is 17.5 Å². The lowest BCUT2D eigenvalue weighted by atomic mass is 10.3. The van der Waals surface area contributed by atoms with Crippen molar-refractivity contribution in [2.75, 3.05) is 23.0 Å². The number of nitrogens with zero attached hydrogens (tertiary/aromatic N) is 3. The van der Waals surface area contributed by atoms with E-state index in [9.17, 15) is 8.42 Å². The minimum atomic E-state index is -2.91. The predicted molar refractivity (Wildman–Crippen MR) is 79.5 cm³/mol. The Labute approximate surface area is 120 Å². The number of sulfone groups is 1. The summed E-state index contributed by atoms with van der Waals surface area (Å²) >= 11 is 0. The van der Waals surface area contributed by atoms with E-state index in [4.69, 9.17) is 0 Å². The Morgan fingerprint density at radius 2 is 2.05 bits per heavy atom. The molecule has 1 atom stereocenters. The molecule has 0 aromatic carbocycles. The monoisotopic (exact) mass is 298 g/mol. The summed E-state index contributed by atoms with van der Waals surface area (Å²) in [6.45, 7) is 7.28. The lowest BCUT2D eigenvalue weighted by Crippen LogP contribution is -2.47. The Bertz CT molecular complexity index is 542. The van der Waals surface area contributed by atoms with Crippen LogP contribution in [0.2, 0.25) is 0 Å². The van der Waals surface area contributed by atoms with Crippen LogP contribution in [-0.4, -0.2) is 48.5 Å². The largest absolute Gasteiger partial charge is 0.336 e. The van der Waals surface area contributed by atoms with E-state index in [1.165, 1.54) is 0 Å². The van der Waals surface area contributed by atoms with Crippen molar-refractivity contribution in [1.29, 1.82) is 0 Å². The van der Waals surface area contributed by atoms with Crippen LogP contribution in [0.1, 0.15) is 26.3 Å². The maximum absolute atomic E-state index is 11.6. The molecule has 1 aromatic rings. The highest BCUT2D eigenvalue weighted by Gasteiger charge is 2.29. The number of anilines is 1. The van der Waals surface area contributed by atoms with Crippen LogP contribution in [0.4, 0.5) is 5.95 Å². The molecule has 1 N–H and O–H groups in total. The molecule has 20 heavy (non-hydrogen) atoms. The summed E-state index contributed by atoms with van der Waals surface area (Å²) in [5.74, 6) is 0.963. The van der Waals surface area contributed by atoms with E-state index >= 15 is 0 Å². The third-order valence-corrected chi connectivity index (χ3v) is 5.13. The van der Waals surface area contributed by atoms with Crippen LogP contribution < -0.4 is 10.2 Å². The van der Waals surface area contributed by atoms with Gasteiger partial charge in [0.15, 0.2) is 9.84 Å². The molecule has 0 spiro atoms. The molecule has 0 aliphatic carbocycles. The lowest BCUT2D eigenvalue weighted by Gasteiger charge is -2.33. The van der Waals surface area contributed by atoms with E-state index < -0.39 is 9.84 Å². The quantitative estimate of drug-likeness (QED) is 0.877. The molecule has 2 heterocycles. The van der Waals surface area contributed by atoms with E-state index in [1.54, 1.807) is 12.4 Å². The van der Waals surface area contributed by atoms with Crippen LogP contribution in [0.5, 0.6) is 0 Å². The Balaban J connectivity index is 2.03. The van der Waals surface area contributed by atoms with Crippen molar-refractivity contribution in [3.8, 4) is 0 Å². The molecule has 1 aliphatic heterocycles. The second kappa shape index (κ2) is 6.05. The number of aromatic nitrogens is 2. The van der Waals surface area contributed by atoms with Crippen LogP contribution in [0.15, 0.2) is 12.4 Å². The first-order valence-corrected chi connectivity index (χ1v) is 8.71. The fraction of sp³-hybridized carbons (Fsp3) is 0.692. The molecule has 2 rings (SSSR count). The molecule has 1 aliphatic rings. The minimum absolute atomic E-state index is 0.0756. The van der Waals surface area contributed by atoms with Crippen LogP contribution in [0.25, 0.3) is 0 Å². The molecule has 1 fully saturated rings. The Morgan fingerprint density at radius 3 is 2.60 bits per heavy atom. The van der Waals surface area contributed by atoms with Gasteiger partial charge >= 0.3 is 0 Å². The van der Waals surface area contributed by atoms with Gasteiger partial charge in [0.25, 0.3) is 0 Å². The van der Waals surface area contributed by atoms with Gasteiger partial charge in [-0.05, 0) is 6.92 Å². The van der Waals surface area contributed by atoms with Crippen molar-refractivity contribution < 1.29 is 8.42 Å².